The van der Waals surface area contributed by atoms with Crippen LogP contribution >= 0.6 is 11.8 Å². The lowest BCUT2D eigenvalue weighted by atomic mass is 10.2. The highest BCUT2D eigenvalue weighted by Crippen LogP contribution is 2.24. The second-order valence-corrected chi connectivity index (χ2v) is 6.42. The number of esters is 1. The molecule has 0 unspecified atom stereocenters. The number of hydrogen-bond donors (Lipinski definition) is 1. The van der Waals surface area contributed by atoms with E-state index in [2.05, 4.69) is 5.32 Å². The van der Waals surface area contributed by atoms with E-state index in [4.69, 9.17) is 4.74 Å². The molecule has 0 atom stereocenters. The molecule has 6 nitrogen and oxygen atoms in total. The van der Waals surface area contributed by atoms with Crippen molar-refractivity contribution >= 4 is 29.5 Å². The van der Waals surface area contributed by atoms with Crippen molar-refractivity contribution < 1.29 is 19.1 Å². The summed E-state index contributed by atoms with van der Waals surface area (Å²) in [7, 11) is 0. The van der Waals surface area contributed by atoms with Crippen LogP contribution in [0.3, 0.4) is 0 Å². The van der Waals surface area contributed by atoms with Gasteiger partial charge in [0.05, 0.1) is 11.3 Å². The Kier molecular flexibility index (Phi) is 7.11. The zero-order valence-corrected chi connectivity index (χ0v) is 14.6. The summed E-state index contributed by atoms with van der Waals surface area (Å²) in [5, 5.41) is 2.57. The molecule has 7 heteroatoms. The lowest BCUT2D eigenvalue weighted by Crippen LogP contribution is -2.29. The molecule has 1 aliphatic heterocycles. The maximum atomic E-state index is 12.2. The van der Waals surface area contributed by atoms with Gasteiger partial charge in [0, 0.05) is 24.5 Å². The van der Waals surface area contributed by atoms with Crippen molar-refractivity contribution in [1.29, 1.82) is 0 Å². The largest absolute Gasteiger partial charge is 0.452 e. The number of thioether (sulfide) groups is 1. The molecule has 1 heterocycles. The quantitative estimate of drug-likeness (QED) is 0.598. The lowest BCUT2D eigenvalue weighted by Gasteiger charge is -2.15. The second-order valence-electron chi connectivity index (χ2n) is 5.40. The zero-order chi connectivity index (χ0) is 17.4. The van der Waals surface area contributed by atoms with Gasteiger partial charge in [-0.05, 0) is 31.9 Å². The Morgan fingerprint density at radius 2 is 1.92 bits per heavy atom. The van der Waals surface area contributed by atoms with Crippen molar-refractivity contribution in [3.63, 3.8) is 0 Å². The minimum absolute atomic E-state index is 0.0861. The molecule has 0 aliphatic carbocycles. The van der Waals surface area contributed by atoms with Gasteiger partial charge in [0.1, 0.15) is 0 Å². The first-order chi connectivity index (χ1) is 11.6. The van der Waals surface area contributed by atoms with Crippen LogP contribution in [0.1, 0.15) is 30.1 Å². The van der Waals surface area contributed by atoms with Crippen LogP contribution < -0.4 is 5.32 Å². The minimum Gasteiger partial charge on any atom is -0.452 e. The molecule has 0 bridgehead atoms. The van der Waals surface area contributed by atoms with Crippen molar-refractivity contribution in [3.05, 3.63) is 29.8 Å². The SMILES string of the molecule is CCNC(=O)COC(=O)c1ccccc1SCC(=O)N1CCCC1. The Labute approximate surface area is 145 Å². The van der Waals surface area contributed by atoms with Crippen LogP contribution in [0.5, 0.6) is 0 Å². The van der Waals surface area contributed by atoms with E-state index in [1.54, 1.807) is 25.1 Å². The van der Waals surface area contributed by atoms with Crippen LogP contribution in [0.15, 0.2) is 29.2 Å². The molecule has 1 N–H and O–H groups in total. The van der Waals surface area contributed by atoms with Gasteiger partial charge in [0.25, 0.3) is 5.91 Å². The van der Waals surface area contributed by atoms with Gasteiger partial charge in [0.15, 0.2) is 6.61 Å². The molecular formula is C17H22N2O4S. The molecule has 0 spiro atoms. The number of nitrogens with zero attached hydrogens (tertiary/aromatic N) is 1. The summed E-state index contributed by atoms with van der Waals surface area (Å²) in [4.78, 5) is 38.2. The number of amides is 2. The molecule has 0 radical (unpaired) electrons. The predicted octanol–water partition coefficient (Wildman–Crippen LogP) is 1.69. The number of rotatable bonds is 7. The fourth-order valence-electron chi connectivity index (χ4n) is 2.42. The highest BCUT2D eigenvalue weighted by molar-refractivity contribution is 8.00. The van der Waals surface area contributed by atoms with Gasteiger partial charge in [-0.2, -0.15) is 0 Å². The van der Waals surface area contributed by atoms with Gasteiger partial charge in [-0.3, -0.25) is 9.59 Å². The van der Waals surface area contributed by atoms with Crippen LogP contribution in [-0.2, 0) is 14.3 Å². The Bertz CT molecular complexity index is 600. The fraction of sp³-hybridized carbons (Fsp3) is 0.471. The number of ether oxygens (including phenoxy) is 1. The van der Waals surface area contributed by atoms with Gasteiger partial charge in [0.2, 0.25) is 5.91 Å². The van der Waals surface area contributed by atoms with Crippen molar-refractivity contribution in [3.8, 4) is 0 Å². The molecule has 130 valence electrons. The van der Waals surface area contributed by atoms with Crippen molar-refractivity contribution in [2.75, 3.05) is 32.0 Å². The van der Waals surface area contributed by atoms with Gasteiger partial charge in [-0.25, -0.2) is 4.79 Å². The monoisotopic (exact) mass is 350 g/mol. The van der Waals surface area contributed by atoms with Crippen molar-refractivity contribution in [2.45, 2.75) is 24.7 Å². The highest BCUT2D eigenvalue weighted by atomic mass is 32.2. The van der Waals surface area contributed by atoms with Gasteiger partial charge >= 0.3 is 5.97 Å². The second kappa shape index (κ2) is 9.32. The van der Waals surface area contributed by atoms with E-state index >= 15 is 0 Å². The molecule has 1 aromatic rings. The summed E-state index contributed by atoms with van der Waals surface area (Å²) < 4.78 is 5.03. The van der Waals surface area contributed by atoms with Gasteiger partial charge < -0.3 is 15.0 Å². The van der Waals surface area contributed by atoms with E-state index in [0.29, 0.717) is 22.8 Å². The number of hydrogen-bond acceptors (Lipinski definition) is 5. The van der Waals surface area contributed by atoms with Gasteiger partial charge in [-0.15, -0.1) is 11.8 Å². The lowest BCUT2D eigenvalue weighted by molar-refractivity contribution is -0.127. The van der Waals surface area contributed by atoms with E-state index in [1.165, 1.54) is 11.8 Å². The first-order valence-electron chi connectivity index (χ1n) is 8.05. The van der Waals surface area contributed by atoms with Crippen LogP contribution in [0.2, 0.25) is 0 Å². The minimum atomic E-state index is -0.557. The summed E-state index contributed by atoms with van der Waals surface area (Å²) in [5.41, 5.74) is 0.376. The van der Waals surface area contributed by atoms with E-state index < -0.39 is 5.97 Å². The van der Waals surface area contributed by atoms with E-state index in [1.807, 2.05) is 11.0 Å². The Hall–Kier alpha value is -2.02. The standard InChI is InChI=1S/C17H22N2O4S/c1-2-18-15(20)11-23-17(22)13-7-3-4-8-14(13)24-12-16(21)19-9-5-6-10-19/h3-4,7-8H,2,5-6,9-12H2,1H3,(H,18,20). The number of benzene rings is 1. The molecule has 2 rings (SSSR count). The fourth-order valence-corrected chi connectivity index (χ4v) is 3.36. The third kappa shape index (κ3) is 5.26. The summed E-state index contributed by atoms with van der Waals surface area (Å²) in [6.45, 7) is 3.61. The molecule has 1 aromatic carbocycles. The maximum absolute atomic E-state index is 12.2. The first kappa shape index (κ1) is 18.3. The average Bonchev–Trinajstić information content (AvgIpc) is 3.13. The topological polar surface area (TPSA) is 75.7 Å². The van der Waals surface area contributed by atoms with E-state index in [9.17, 15) is 14.4 Å². The first-order valence-corrected chi connectivity index (χ1v) is 9.03. The number of nitrogens with one attached hydrogen (secondary N) is 1. The van der Waals surface area contributed by atoms with Crippen molar-refractivity contribution in [2.24, 2.45) is 0 Å². The maximum Gasteiger partial charge on any atom is 0.339 e. The average molecular weight is 350 g/mol. The molecule has 2 amide bonds. The van der Waals surface area contributed by atoms with E-state index in [-0.39, 0.29) is 18.4 Å². The molecular weight excluding hydrogens is 328 g/mol. The number of carbonyl (C=O) groups excluding carboxylic acids is 3. The molecule has 0 saturated carbocycles. The smallest absolute Gasteiger partial charge is 0.339 e. The van der Waals surface area contributed by atoms with Crippen LogP contribution in [0, 0.1) is 0 Å². The van der Waals surface area contributed by atoms with Crippen LogP contribution in [0.25, 0.3) is 0 Å². The van der Waals surface area contributed by atoms with Crippen LogP contribution in [0.4, 0.5) is 0 Å². The predicted molar refractivity (Wildman–Crippen MR) is 91.9 cm³/mol. The molecule has 1 aliphatic rings. The normalized spacial score (nSPS) is 13.6. The molecule has 0 aromatic heterocycles. The number of carbonyl (C=O) groups is 3. The van der Waals surface area contributed by atoms with Crippen LogP contribution in [-0.4, -0.2) is 54.7 Å². The Morgan fingerprint density at radius 3 is 2.62 bits per heavy atom. The molecule has 1 saturated heterocycles. The third-order valence-corrected chi connectivity index (χ3v) is 4.68. The number of likely N-dealkylation sites (N-methyl/N-ethyl adjacent to an activating group) is 1. The Morgan fingerprint density at radius 1 is 1.21 bits per heavy atom. The summed E-state index contributed by atoms with van der Waals surface area (Å²) in [6.07, 6.45) is 2.11. The Balaban J connectivity index is 1.92. The zero-order valence-electron chi connectivity index (χ0n) is 13.7. The molecule has 1 fully saturated rings. The summed E-state index contributed by atoms with van der Waals surface area (Å²) in [5.74, 6) is -0.512. The third-order valence-electron chi connectivity index (χ3n) is 3.63. The van der Waals surface area contributed by atoms with Gasteiger partial charge in [-0.1, -0.05) is 12.1 Å². The number of likely N-dealkylation sites (tertiary alicyclic amines) is 1. The summed E-state index contributed by atoms with van der Waals surface area (Å²) in [6, 6.07) is 6.96. The molecule has 24 heavy (non-hydrogen) atoms. The van der Waals surface area contributed by atoms with Crippen molar-refractivity contribution in [1.82, 2.24) is 10.2 Å². The summed E-state index contributed by atoms with van der Waals surface area (Å²) >= 11 is 1.32. The van der Waals surface area contributed by atoms with E-state index in [0.717, 1.165) is 25.9 Å². The highest BCUT2D eigenvalue weighted by Gasteiger charge is 2.19.